The van der Waals surface area contributed by atoms with E-state index in [0.29, 0.717) is 17.8 Å². The average Bonchev–Trinajstić information content (AvgIpc) is 2.39. The van der Waals surface area contributed by atoms with Gasteiger partial charge in [-0.15, -0.1) is 0 Å². The number of hydrogen-bond donors (Lipinski definition) is 0. The molecule has 20 heavy (non-hydrogen) atoms. The number of rotatable bonds is 5. The highest BCUT2D eigenvalue weighted by Crippen LogP contribution is 2.07. The van der Waals surface area contributed by atoms with Gasteiger partial charge in [0.05, 0.1) is 0 Å². The first kappa shape index (κ1) is 13.9. The van der Waals surface area contributed by atoms with Gasteiger partial charge in [0.15, 0.2) is 12.7 Å². The zero-order valence-electron chi connectivity index (χ0n) is 11.2. The van der Waals surface area contributed by atoms with Crippen molar-refractivity contribution in [3.8, 4) is 0 Å². The highest BCUT2D eigenvalue weighted by atomic mass is 16.4. The highest BCUT2D eigenvalue weighted by molar-refractivity contribution is 5.93. The lowest BCUT2D eigenvalue weighted by atomic mass is 10.1. The quantitative estimate of drug-likeness (QED) is 0.587. The van der Waals surface area contributed by atoms with Crippen LogP contribution in [0.2, 0.25) is 0 Å². The van der Waals surface area contributed by atoms with E-state index in [2.05, 4.69) is 0 Å². The molecule has 1 heterocycles. The van der Waals surface area contributed by atoms with Crippen LogP contribution in [0, 0.1) is 0 Å². The van der Waals surface area contributed by atoms with E-state index in [-0.39, 0.29) is 12.2 Å². The second-order valence-corrected chi connectivity index (χ2v) is 4.60. The summed E-state index contributed by atoms with van der Waals surface area (Å²) < 4.78 is 1.77. The minimum Gasteiger partial charge on any atom is -0.550 e. The van der Waals surface area contributed by atoms with E-state index < -0.39 is 5.97 Å². The van der Waals surface area contributed by atoms with E-state index >= 15 is 0 Å². The van der Waals surface area contributed by atoms with E-state index in [0.717, 1.165) is 5.56 Å². The molecule has 0 saturated heterocycles. The first-order valence-electron chi connectivity index (χ1n) is 6.34. The fourth-order valence-corrected chi connectivity index (χ4v) is 2.24. The topological polar surface area (TPSA) is 61.1 Å². The fraction of sp³-hybridized carbons (Fsp3) is 0.188. The molecular formula is C16H15NO3. The number of hydrogen-bond acceptors (Lipinski definition) is 3. The molecule has 4 nitrogen and oxygen atoms in total. The number of benzene rings is 1. The number of pyridine rings is 1. The predicted octanol–water partition coefficient (Wildman–Crippen LogP) is 0.517. The predicted molar refractivity (Wildman–Crippen MR) is 70.9 cm³/mol. The Kier molecular flexibility index (Phi) is 4.25. The minimum atomic E-state index is -1.19. The van der Waals surface area contributed by atoms with E-state index in [1.165, 1.54) is 6.92 Å². The maximum Gasteiger partial charge on any atom is 0.252 e. The number of aromatic nitrogens is 1. The molecule has 0 amide bonds. The zero-order valence-corrected chi connectivity index (χ0v) is 11.2. The van der Waals surface area contributed by atoms with Gasteiger partial charge in [0.2, 0.25) is 5.78 Å². The van der Waals surface area contributed by atoms with Crippen LogP contribution in [0.5, 0.6) is 0 Å². The van der Waals surface area contributed by atoms with Crippen LogP contribution in [0.15, 0.2) is 48.7 Å². The van der Waals surface area contributed by atoms with E-state index in [4.69, 9.17) is 0 Å². The monoisotopic (exact) mass is 269 g/mol. The van der Waals surface area contributed by atoms with Crippen LogP contribution >= 0.6 is 0 Å². The van der Waals surface area contributed by atoms with Crippen LogP contribution in [0.25, 0.3) is 0 Å². The number of carboxylic acid groups (broad SMARTS) is 1. The summed E-state index contributed by atoms with van der Waals surface area (Å²) in [7, 11) is 0. The van der Waals surface area contributed by atoms with Gasteiger partial charge in [-0.1, -0.05) is 30.3 Å². The summed E-state index contributed by atoms with van der Waals surface area (Å²) in [5, 5.41) is 10.8. The van der Waals surface area contributed by atoms with Gasteiger partial charge >= 0.3 is 0 Å². The molecule has 0 aliphatic rings. The van der Waals surface area contributed by atoms with Crippen LogP contribution in [0.3, 0.4) is 0 Å². The molecule has 0 aliphatic heterocycles. The summed E-state index contributed by atoms with van der Waals surface area (Å²) in [6.07, 6.45) is 1.52. The Balaban J connectivity index is 2.42. The van der Waals surface area contributed by atoms with Crippen molar-refractivity contribution in [3.05, 3.63) is 65.5 Å². The van der Waals surface area contributed by atoms with E-state index in [1.54, 1.807) is 22.9 Å². The smallest absolute Gasteiger partial charge is 0.252 e. The lowest BCUT2D eigenvalue weighted by molar-refractivity contribution is -0.690. The number of carboxylic acids is 1. The van der Waals surface area contributed by atoms with Gasteiger partial charge in [0.25, 0.3) is 5.69 Å². The molecule has 0 radical (unpaired) electrons. The molecule has 0 unspecified atom stereocenters. The SMILES string of the molecule is CC(=O)c1c(CC(=O)[O-])ccc[n+]1Cc1ccccc1. The second kappa shape index (κ2) is 6.10. The highest BCUT2D eigenvalue weighted by Gasteiger charge is 2.20. The Hall–Kier alpha value is -2.49. The van der Waals surface area contributed by atoms with Gasteiger partial charge in [0, 0.05) is 36.5 Å². The van der Waals surface area contributed by atoms with Gasteiger partial charge in [-0.25, -0.2) is 0 Å². The summed E-state index contributed by atoms with van der Waals surface area (Å²) in [6, 6.07) is 13.1. The molecule has 0 aliphatic carbocycles. The number of nitrogens with zero attached hydrogens (tertiary/aromatic N) is 1. The summed E-state index contributed by atoms with van der Waals surface area (Å²) in [5.41, 5.74) is 1.95. The first-order valence-corrected chi connectivity index (χ1v) is 6.34. The molecule has 1 aromatic heterocycles. The number of ketones is 1. The molecule has 102 valence electrons. The van der Waals surface area contributed by atoms with Crippen LogP contribution in [-0.4, -0.2) is 11.8 Å². The van der Waals surface area contributed by atoms with Crippen molar-refractivity contribution < 1.29 is 19.3 Å². The molecular weight excluding hydrogens is 254 g/mol. The maximum absolute atomic E-state index is 11.8. The second-order valence-electron chi connectivity index (χ2n) is 4.60. The Bertz CT molecular complexity index is 635. The van der Waals surface area contributed by atoms with Gasteiger partial charge in [0.1, 0.15) is 0 Å². The lowest BCUT2D eigenvalue weighted by Gasteiger charge is -2.08. The Morgan fingerprint density at radius 1 is 1.10 bits per heavy atom. The van der Waals surface area contributed by atoms with Gasteiger partial charge in [-0.2, -0.15) is 4.57 Å². The van der Waals surface area contributed by atoms with Crippen molar-refractivity contribution in [3.63, 3.8) is 0 Å². The zero-order chi connectivity index (χ0) is 14.5. The van der Waals surface area contributed by atoms with Crippen molar-refractivity contribution in [2.45, 2.75) is 19.9 Å². The molecule has 0 atom stereocenters. The Morgan fingerprint density at radius 2 is 1.80 bits per heavy atom. The third-order valence-electron chi connectivity index (χ3n) is 3.02. The van der Waals surface area contributed by atoms with Crippen molar-refractivity contribution >= 4 is 11.8 Å². The van der Waals surface area contributed by atoms with Gasteiger partial charge < -0.3 is 9.90 Å². The number of carbonyl (C=O) groups excluding carboxylic acids is 2. The number of carbonyl (C=O) groups is 2. The van der Waals surface area contributed by atoms with Gasteiger partial charge in [-0.05, 0) is 6.07 Å². The summed E-state index contributed by atoms with van der Waals surface area (Å²) in [6.45, 7) is 1.96. The number of aliphatic carboxylic acids is 1. The van der Waals surface area contributed by atoms with Crippen molar-refractivity contribution in [2.75, 3.05) is 0 Å². The molecule has 0 fully saturated rings. The third-order valence-corrected chi connectivity index (χ3v) is 3.02. The third kappa shape index (κ3) is 3.29. The van der Waals surface area contributed by atoms with E-state index in [1.807, 2.05) is 30.3 Å². The Labute approximate surface area is 117 Å². The molecule has 2 rings (SSSR count). The normalized spacial score (nSPS) is 10.2. The molecule has 0 bridgehead atoms. The van der Waals surface area contributed by atoms with Crippen molar-refractivity contribution in [2.24, 2.45) is 0 Å². The van der Waals surface area contributed by atoms with Crippen LogP contribution < -0.4 is 9.67 Å². The minimum absolute atomic E-state index is 0.155. The molecule has 2 aromatic rings. The van der Waals surface area contributed by atoms with Crippen molar-refractivity contribution in [1.82, 2.24) is 0 Å². The van der Waals surface area contributed by atoms with E-state index in [9.17, 15) is 14.7 Å². The van der Waals surface area contributed by atoms with Crippen LogP contribution in [-0.2, 0) is 17.8 Å². The maximum atomic E-state index is 11.8. The molecule has 0 N–H and O–H groups in total. The number of Topliss-reactive ketones (excluding diaryl/α,β-unsaturated/α-hetero) is 1. The molecule has 0 spiro atoms. The summed E-state index contributed by atoms with van der Waals surface area (Å²) in [5.74, 6) is -1.34. The largest absolute Gasteiger partial charge is 0.550 e. The molecule has 0 saturated carbocycles. The fourth-order valence-electron chi connectivity index (χ4n) is 2.24. The van der Waals surface area contributed by atoms with Gasteiger partial charge in [-0.3, -0.25) is 4.79 Å². The van der Waals surface area contributed by atoms with Crippen molar-refractivity contribution in [1.29, 1.82) is 0 Å². The van der Waals surface area contributed by atoms with Crippen LogP contribution in [0.4, 0.5) is 0 Å². The summed E-state index contributed by atoms with van der Waals surface area (Å²) >= 11 is 0. The first-order chi connectivity index (χ1) is 9.58. The standard InChI is InChI=1S/C16H15NO3/c1-12(18)16-14(10-15(19)20)8-5-9-17(16)11-13-6-3-2-4-7-13/h2-9H,10-11H2,1H3. The lowest BCUT2D eigenvalue weighted by Crippen LogP contribution is -2.42. The summed E-state index contributed by atoms with van der Waals surface area (Å²) in [4.78, 5) is 22.6. The average molecular weight is 269 g/mol. The molecule has 1 aromatic carbocycles. The molecule has 4 heteroatoms. The van der Waals surface area contributed by atoms with Crippen LogP contribution in [0.1, 0.15) is 28.5 Å². The Morgan fingerprint density at radius 3 is 2.40 bits per heavy atom.